The number of nitrogens with one attached hydrogen (secondary N) is 1. The van der Waals surface area contributed by atoms with Crippen LogP contribution in [0.15, 0.2) is 48.5 Å². The zero-order valence-corrected chi connectivity index (χ0v) is 20.0. The van der Waals surface area contributed by atoms with E-state index < -0.39 is 35.2 Å². The molecule has 12 heteroatoms. The molecule has 2 aliphatic carbocycles. The van der Waals surface area contributed by atoms with Crippen molar-refractivity contribution in [3.8, 4) is 0 Å². The number of hydrogen-bond donors (Lipinski definition) is 1. The first-order valence-corrected chi connectivity index (χ1v) is 12.0. The summed E-state index contributed by atoms with van der Waals surface area (Å²) in [6, 6.07) is 11.2. The highest BCUT2D eigenvalue weighted by atomic mass is 35.5. The Balaban J connectivity index is 1.25. The Hall–Kier alpha value is -3.50. The van der Waals surface area contributed by atoms with Gasteiger partial charge in [0.1, 0.15) is 0 Å². The second kappa shape index (κ2) is 9.18. The Kier molecular flexibility index (Phi) is 6.17. The van der Waals surface area contributed by atoms with Crippen LogP contribution in [0.4, 0.5) is 17.1 Å². The predicted molar refractivity (Wildman–Crippen MR) is 129 cm³/mol. The van der Waals surface area contributed by atoms with Gasteiger partial charge in [0.05, 0.1) is 38.8 Å². The Morgan fingerprint density at radius 1 is 1.03 bits per heavy atom. The fourth-order valence-corrected chi connectivity index (χ4v) is 6.38. The molecule has 1 heterocycles. The first-order chi connectivity index (χ1) is 17.2. The van der Waals surface area contributed by atoms with E-state index >= 15 is 0 Å². The Morgan fingerprint density at radius 2 is 1.67 bits per heavy atom. The average molecular weight is 532 g/mol. The molecule has 0 aromatic heterocycles. The van der Waals surface area contributed by atoms with Crippen LogP contribution in [0.2, 0.25) is 0 Å². The molecule has 0 radical (unpaired) electrons. The van der Waals surface area contributed by atoms with Gasteiger partial charge in [0.15, 0.2) is 6.61 Å². The predicted octanol–water partition coefficient (Wildman–Crippen LogP) is 3.36. The number of amides is 3. The van der Waals surface area contributed by atoms with Crippen LogP contribution in [0.25, 0.3) is 0 Å². The van der Waals surface area contributed by atoms with Gasteiger partial charge in [-0.15, -0.1) is 23.2 Å². The summed E-state index contributed by atoms with van der Waals surface area (Å²) in [5, 5.41) is 12.5. The topological polar surface area (TPSA) is 136 Å². The third-order valence-corrected chi connectivity index (χ3v) is 8.32. The van der Waals surface area contributed by atoms with E-state index in [2.05, 4.69) is 5.32 Å². The smallest absolute Gasteiger partial charge is 0.338 e. The van der Waals surface area contributed by atoms with Crippen LogP contribution >= 0.6 is 23.2 Å². The molecule has 3 amide bonds. The molecule has 5 rings (SSSR count). The van der Waals surface area contributed by atoms with Crippen LogP contribution in [0.5, 0.6) is 0 Å². The van der Waals surface area contributed by atoms with Gasteiger partial charge in [-0.25, -0.2) is 4.79 Å². The number of esters is 1. The second-order valence-electron chi connectivity index (χ2n) is 9.00. The van der Waals surface area contributed by atoms with E-state index in [-0.39, 0.29) is 57.0 Å². The average Bonchev–Trinajstić information content (AvgIpc) is 3.47. The minimum atomic E-state index is -0.841. The van der Waals surface area contributed by atoms with E-state index in [1.807, 2.05) is 0 Å². The Bertz CT molecular complexity index is 1270. The molecule has 6 atom stereocenters. The van der Waals surface area contributed by atoms with Crippen molar-refractivity contribution in [1.82, 2.24) is 0 Å². The van der Waals surface area contributed by atoms with Gasteiger partial charge in [-0.3, -0.25) is 29.4 Å². The van der Waals surface area contributed by atoms with Gasteiger partial charge in [-0.05, 0) is 42.5 Å². The summed E-state index contributed by atoms with van der Waals surface area (Å²) in [6.45, 7) is -0.644. The third kappa shape index (κ3) is 4.00. The summed E-state index contributed by atoms with van der Waals surface area (Å²) in [5.74, 6) is -3.61. The highest BCUT2D eigenvalue weighted by Gasteiger charge is 2.66. The molecule has 1 aliphatic heterocycles. The van der Waals surface area contributed by atoms with Crippen molar-refractivity contribution >= 4 is 64.0 Å². The molecular weight excluding hydrogens is 513 g/mol. The van der Waals surface area contributed by atoms with Gasteiger partial charge < -0.3 is 10.1 Å². The Morgan fingerprint density at radius 3 is 2.31 bits per heavy atom. The Labute approximate surface area is 214 Å². The molecule has 186 valence electrons. The molecule has 0 spiro atoms. The van der Waals surface area contributed by atoms with Crippen molar-refractivity contribution in [3.05, 3.63) is 64.2 Å². The number of ether oxygens (including phenoxy) is 1. The molecule has 1 saturated heterocycles. The van der Waals surface area contributed by atoms with Crippen molar-refractivity contribution < 1.29 is 28.8 Å². The summed E-state index contributed by atoms with van der Waals surface area (Å²) < 4.78 is 5.05. The summed E-state index contributed by atoms with van der Waals surface area (Å²) in [5.41, 5.74) is 0.248. The van der Waals surface area contributed by atoms with Crippen molar-refractivity contribution in [1.29, 1.82) is 0 Å². The SMILES string of the molecule is O=C(COC(=O)c1cccc(N2C(=O)[C@@H]3[C@H]4C[C@@H]([C@@H](Cl)[C@H]4Cl)[C@H]3C2=O)c1)Nc1cccc([N+](=O)[O-])c1. The molecule has 3 fully saturated rings. The number of halogens is 2. The lowest BCUT2D eigenvalue weighted by Gasteiger charge is -2.28. The lowest BCUT2D eigenvalue weighted by molar-refractivity contribution is -0.384. The van der Waals surface area contributed by atoms with Gasteiger partial charge >= 0.3 is 5.97 Å². The number of fused-ring (bicyclic) bond motifs is 5. The summed E-state index contributed by atoms with van der Waals surface area (Å²) in [4.78, 5) is 62.4. The summed E-state index contributed by atoms with van der Waals surface area (Å²) in [7, 11) is 0. The van der Waals surface area contributed by atoms with E-state index in [9.17, 15) is 29.3 Å². The number of non-ortho nitro benzene ring substituents is 1. The largest absolute Gasteiger partial charge is 0.452 e. The molecule has 2 aromatic rings. The molecule has 3 aliphatic rings. The minimum Gasteiger partial charge on any atom is -0.452 e. The van der Waals surface area contributed by atoms with Gasteiger partial charge in [-0.2, -0.15) is 0 Å². The molecule has 36 heavy (non-hydrogen) atoms. The highest BCUT2D eigenvalue weighted by Crippen LogP contribution is 2.59. The molecule has 2 saturated carbocycles. The standard InChI is InChI=1S/C24H19Cl2N3O7/c25-20-15-9-16(21(20)26)19-18(15)22(31)28(23(19)32)13-5-1-3-11(7-13)24(33)36-10-17(30)27-12-4-2-6-14(8-12)29(34)35/h1-8,15-16,18-21H,9-10H2,(H,27,30)/t15-,16-,18-,19-,20-,21+/m1/s1. The first-order valence-electron chi connectivity index (χ1n) is 11.1. The lowest BCUT2D eigenvalue weighted by atomic mass is 9.80. The molecule has 2 aromatic carbocycles. The van der Waals surface area contributed by atoms with E-state index in [1.54, 1.807) is 6.07 Å². The number of alkyl halides is 2. The first kappa shape index (κ1) is 24.2. The van der Waals surface area contributed by atoms with Crippen LogP contribution in [-0.4, -0.2) is 46.0 Å². The molecule has 10 nitrogen and oxygen atoms in total. The van der Waals surface area contributed by atoms with Gasteiger partial charge in [0.2, 0.25) is 11.8 Å². The zero-order valence-electron chi connectivity index (χ0n) is 18.5. The van der Waals surface area contributed by atoms with Crippen LogP contribution < -0.4 is 10.2 Å². The molecule has 2 bridgehead atoms. The third-order valence-electron chi connectivity index (χ3n) is 7.00. The van der Waals surface area contributed by atoms with Gasteiger partial charge in [-0.1, -0.05) is 12.1 Å². The highest BCUT2D eigenvalue weighted by molar-refractivity contribution is 6.32. The number of nitro benzene ring substituents is 1. The van der Waals surface area contributed by atoms with Crippen molar-refractivity contribution in [2.75, 3.05) is 16.8 Å². The molecule has 1 N–H and O–H groups in total. The van der Waals surface area contributed by atoms with E-state index in [0.717, 1.165) is 4.90 Å². The number of imide groups is 1. The van der Waals surface area contributed by atoms with Crippen LogP contribution in [0.3, 0.4) is 0 Å². The van der Waals surface area contributed by atoms with Crippen molar-refractivity contribution in [2.45, 2.75) is 17.2 Å². The number of nitro groups is 1. The number of rotatable bonds is 6. The maximum absolute atomic E-state index is 13.2. The minimum absolute atomic E-state index is 0.0433. The summed E-state index contributed by atoms with van der Waals surface area (Å²) >= 11 is 12.8. The van der Waals surface area contributed by atoms with Crippen LogP contribution in [0, 0.1) is 33.8 Å². The molecular formula is C24H19Cl2N3O7. The fraction of sp³-hybridized carbons (Fsp3) is 0.333. The number of carbonyl (C=O) groups is 4. The monoisotopic (exact) mass is 531 g/mol. The van der Waals surface area contributed by atoms with Gasteiger partial charge in [0.25, 0.3) is 11.6 Å². The van der Waals surface area contributed by atoms with Crippen molar-refractivity contribution in [2.24, 2.45) is 23.7 Å². The lowest BCUT2D eigenvalue weighted by Crippen LogP contribution is -2.37. The van der Waals surface area contributed by atoms with E-state index in [1.165, 1.54) is 42.5 Å². The quantitative estimate of drug-likeness (QED) is 0.198. The van der Waals surface area contributed by atoms with Crippen LogP contribution in [0.1, 0.15) is 16.8 Å². The second-order valence-corrected chi connectivity index (χ2v) is 10.0. The van der Waals surface area contributed by atoms with E-state index in [4.69, 9.17) is 27.9 Å². The maximum Gasteiger partial charge on any atom is 0.338 e. The number of nitrogens with zero attached hydrogens (tertiary/aromatic N) is 2. The molecule has 0 unspecified atom stereocenters. The number of hydrogen-bond acceptors (Lipinski definition) is 7. The van der Waals surface area contributed by atoms with Crippen LogP contribution in [-0.2, 0) is 19.1 Å². The number of carbonyl (C=O) groups excluding carboxylic acids is 4. The number of anilines is 2. The zero-order chi connectivity index (χ0) is 25.7. The fourth-order valence-electron chi connectivity index (χ4n) is 5.48. The normalized spacial score (nSPS) is 28.2. The van der Waals surface area contributed by atoms with Crippen molar-refractivity contribution in [3.63, 3.8) is 0 Å². The summed E-state index contributed by atoms with van der Waals surface area (Å²) in [6.07, 6.45) is 0.647. The van der Waals surface area contributed by atoms with E-state index in [0.29, 0.717) is 6.42 Å². The number of benzene rings is 2. The van der Waals surface area contributed by atoms with Gasteiger partial charge in [0, 0.05) is 17.8 Å². The maximum atomic E-state index is 13.2.